The molecule has 7 heteroatoms. The van der Waals surface area contributed by atoms with E-state index in [4.69, 9.17) is 15.0 Å². The van der Waals surface area contributed by atoms with E-state index in [0.717, 1.165) is 18.6 Å². The van der Waals surface area contributed by atoms with Crippen molar-refractivity contribution in [1.82, 2.24) is 10.1 Å². The summed E-state index contributed by atoms with van der Waals surface area (Å²) in [6.07, 6.45) is 2.39. The van der Waals surface area contributed by atoms with E-state index in [1.54, 1.807) is 18.7 Å². The first-order valence-corrected chi connectivity index (χ1v) is 7.64. The number of aryl methyl sites for hydroxylation is 1. The van der Waals surface area contributed by atoms with Gasteiger partial charge in [0.1, 0.15) is 6.04 Å². The molecule has 0 amide bonds. The molecule has 1 heterocycles. The van der Waals surface area contributed by atoms with Crippen molar-refractivity contribution in [1.29, 1.82) is 0 Å². The maximum atomic E-state index is 11.3. The Labute approximate surface area is 117 Å². The zero-order valence-corrected chi connectivity index (χ0v) is 12.2. The van der Waals surface area contributed by atoms with Crippen LogP contribution in [0.15, 0.2) is 4.52 Å². The molecule has 6 nitrogen and oxygen atoms in total. The molecule has 1 aromatic rings. The van der Waals surface area contributed by atoms with Crippen LogP contribution in [0.3, 0.4) is 0 Å². The Morgan fingerprint density at radius 1 is 1.53 bits per heavy atom. The van der Waals surface area contributed by atoms with Gasteiger partial charge in [0.25, 0.3) is 0 Å². The smallest absolute Gasteiger partial charge is 0.322 e. The summed E-state index contributed by atoms with van der Waals surface area (Å²) < 4.78 is 9.92. The predicted octanol–water partition coefficient (Wildman–Crippen LogP) is 1.54. The fourth-order valence-corrected chi connectivity index (χ4v) is 2.27. The van der Waals surface area contributed by atoms with Gasteiger partial charge in [0, 0.05) is 6.42 Å². The molecular weight excluding hydrogens is 266 g/mol. The van der Waals surface area contributed by atoms with Crippen molar-refractivity contribution in [3.8, 4) is 0 Å². The Morgan fingerprint density at radius 3 is 3.00 bits per heavy atom. The monoisotopic (exact) mass is 287 g/mol. The third-order valence-corrected chi connectivity index (χ3v) is 3.35. The molecule has 0 fully saturated rings. The van der Waals surface area contributed by atoms with Crippen LogP contribution in [0.2, 0.25) is 0 Å². The van der Waals surface area contributed by atoms with Crippen LogP contribution < -0.4 is 5.73 Å². The first kappa shape index (κ1) is 16.0. The van der Waals surface area contributed by atoms with Gasteiger partial charge in [0.2, 0.25) is 5.89 Å². The number of ether oxygens (including phenoxy) is 1. The molecule has 0 aliphatic heterocycles. The summed E-state index contributed by atoms with van der Waals surface area (Å²) in [6, 6.07) is -0.548. The van der Waals surface area contributed by atoms with Gasteiger partial charge in [-0.1, -0.05) is 12.1 Å². The van der Waals surface area contributed by atoms with E-state index in [1.807, 2.05) is 0 Å². The molecule has 0 aliphatic rings. The minimum absolute atomic E-state index is 0.340. The predicted molar refractivity (Wildman–Crippen MR) is 73.7 cm³/mol. The van der Waals surface area contributed by atoms with E-state index in [9.17, 15) is 4.79 Å². The van der Waals surface area contributed by atoms with Crippen molar-refractivity contribution in [3.63, 3.8) is 0 Å². The molecule has 0 radical (unpaired) electrons. The normalized spacial score (nSPS) is 12.4. The Bertz CT molecular complexity index is 384. The van der Waals surface area contributed by atoms with E-state index < -0.39 is 6.04 Å². The molecule has 0 bridgehead atoms. The minimum Gasteiger partial charge on any atom is -0.465 e. The first-order chi connectivity index (χ1) is 9.17. The van der Waals surface area contributed by atoms with E-state index in [0.29, 0.717) is 30.5 Å². The van der Waals surface area contributed by atoms with E-state index in [2.05, 4.69) is 17.1 Å². The molecule has 1 aromatic heterocycles. The lowest BCUT2D eigenvalue weighted by molar-refractivity contribution is -0.144. The fourth-order valence-electron chi connectivity index (χ4n) is 1.41. The van der Waals surface area contributed by atoms with Crippen LogP contribution in [-0.2, 0) is 21.7 Å². The number of carbonyl (C=O) groups is 1. The highest BCUT2D eigenvalue weighted by Crippen LogP contribution is 2.12. The number of esters is 1. The highest BCUT2D eigenvalue weighted by Gasteiger charge is 2.14. The van der Waals surface area contributed by atoms with Crippen LogP contribution in [0.5, 0.6) is 0 Å². The zero-order valence-electron chi connectivity index (χ0n) is 11.4. The van der Waals surface area contributed by atoms with Crippen molar-refractivity contribution in [2.45, 2.75) is 44.9 Å². The van der Waals surface area contributed by atoms with Crippen LogP contribution in [0.4, 0.5) is 0 Å². The van der Waals surface area contributed by atoms with E-state index >= 15 is 0 Å². The summed E-state index contributed by atoms with van der Waals surface area (Å²) in [6.45, 7) is 4.20. The molecule has 19 heavy (non-hydrogen) atoms. The highest BCUT2D eigenvalue weighted by molar-refractivity contribution is 7.98. The summed E-state index contributed by atoms with van der Waals surface area (Å²) in [5.41, 5.74) is 5.69. The van der Waals surface area contributed by atoms with Gasteiger partial charge in [-0.3, -0.25) is 4.79 Å². The van der Waals surface area contributed by atoms with Gasteiger partial charge in [0.05, 0.1) is 12.4 Å². The number of nitrogens with two attached hydrogens (primary N) is 1. The molecule has 108 valence electrons. The second-order valence-corrected chi connectivity index (χ2v) is 5.16. The number of aromatic nitrogens is 2. The first-order valence-electron chi connectivity index (χ1n) is 6.48. The molecule has 0 saturated heterocycles. The van der Waals surface area contributed by atoms with Crippen LogP contribution in [0.25, 0.3) is 0 Å². The molecule has 0 saturated carbocycles. The number of hydrogen-bond acceptors (Lipinski definition) is 7. The third-order valence-electron chi connectivity index (χ3n) is 2.37. The summed E-state index contributed by atoms with van der Waals surface area (Å²) in [5, 5.41) is 3.89. The number of carbonyl (C=O) groups excluding carboxylic acids is 1. The highest BCUT2D eigenvalue weighted by atomic mass is 32.2. The van der Waals surface area contributed by atoms with Gasteiger partial charge in [0.15, 0.2) is 5.82 Å². The van der Waals surface area contributed by atoms with Gasteiger partial charge >= 0.3 is 5.97 Å². The Hall–Kier alpha value is -1.08. The van der Waals surface area contributed by atoms with Crippen LogP contribution in [-0.4, -0.2) is 34.5 Å². The number of thioether (sulfide) groups is 1. The maximum Gasteiger partial charge on any atom is 0.322 e. The standard InChI is InChI=1S/C12H21N3O3S/c1-3-5-11-14-10(15-18-11)8-19-7-6-9(13)12(16)17-4-2/h9H,3-8,13H2,1-2H3. The maximum absolute atomic E-state index is 11.3. The molecule has 1 atom stereocenters. The van der Waals surface area contributed by atoms with Gasteiger partial charge in [-0.05, 0) is 25.5 Å². The molecule has 1 rings (SSSR count). The van der Waals surface area contributed by atoms with E-state index in [1.165, 1.54) is 0 Å². The van der Waals surface area contributed by atoms with Crippen molar-refractivity contribution < 1.29 is 14.1 Å². The molecule has 0 aliphatic carbocycles. The Balaban J connectivity index is 2.17. The molecule has 0 aromatic carbocycles. The topological polar surface area (TPSA) is 91.2 Å². The quantitative estimate of drug-likeness (QED) is 0.544. The lowest BCUT2D eigenvalue weighted by Crippen LogP contribution is -2.32. The Kier molecular flexibility index (Phi) is 7.50. The van der Waals surface area contributed by atoms with Crippen LogP contribution >= 0.6 is 11.8 Å². The summed E-state index contributed by atoms with van der Waals surface area (Å²) in [5.74, 6) is 2.47. The van der Waals surface area contributed by atoms with Gasteiger partial charge in [-0.2, -0.15) is 16.7 Å². The largest absolute Gasteiger partial charge is 0.465 e. The Morgan fingerprint density at radius 2 is 2.32 bits per heavy atom. The summed E-state index contributed by atoms with van der Waals surface area (Å²) in [7, 11) is 0. The molecule has 1 unspecified atom stereocenters. The molecule has 0 spiro atoms. The van der Waals surface area contributed by atoms with Gasteiger partial charge < -0.3 is 15.0 Å². The van der Waals surface area contributed by atoms with E-state index in [-0.39, 0.29) is 5.97 Å². The van der Waals surface area contributed by atoms with Crippen molar-refractivity contribution in [3.05, 3.63) is 11.7 Å². The van der Waals surface area contributed by atoms with Gasteiger partial charge in [-0.15, -0.1) is 0 Å². The fraction of sp³-hybridized carbons (Fsp3) is 0.750. The number of nitrogens with zero attached hydrogens (tertiary/aromatic N) is 2. The lowest BCUT2D eigenvalue weighted by atomic mass is 10.2. The van der Waals surface area contributed by atoms with Crippen LogP contribution in [0.1, 0.15) is 38.4 Å². The molecule has 2 N–H and O–H groups in total. The van der Waals surface area contributed by atoms with Crippen LogP contribution in [0, 0.1) is 0 Å². The number of rotatable bonds is 9. The van der Waals surface area contributed by atoms with Crippen molar-refractivity contribution >= 4 is 17.7 Å². The average Bonchev–Trinajstić information content (AvgIpc) is 2.83. The second kappa shape index (κ2) is 8.92. The zero-order chi connectivity index (χ0) is 14.1. The van der Waals surface area contributed by atoms with Gasteiger partial charge in [-0.25, -0.2) is 0 Å². The third kappa shape index (κ3) is 6.07. The van der Waals surface area contributed by atoms with Crippen molar-refractivity contribution in [2.24, 2.45) is 5.73 Å². The molecular formula is C12H21N3O3S. The summed E-state index contributed by atoms with van der Waals surface area (Å²) >= 11 is 1.63. The number of hydrogen-bond donors (Lipinski definition) is 1. The lowest BCUT2D eigenvalue weighted by Gasteiger charge is -2.09. The van der Waals surface area contributed by atoms with Crippen molar-refractivity contribution in [2.75, 3.05) is 12.4 Å². The average molecular weight is 287 g/mol. The minimum atomic E-state index is -0.548. The summed E-state index contributed by atoms with van der Waals surface area (Å²) in [4.78, 5) is 15.5. The second-order valence-electron chi connectivity index (χ2n) is 4.05. The SMILES string of the molecule is CCCc1nc(CSCCC(N)C(=O)OCC)no1.